The van der Waals surface area contributed by atoms with Gasteiger partial charge in [0.1, 0.15) is 5.01 Å². The number of hydrogen-bond acceptors (Lipinski definition) is 5. The summed E-state index contributed by atoms with van der Waals surface area (Å²) >= 11 is 3.40. The number of thioether (sulfide) groups is 1. The van der Waals surface area contributed by atoms with Crippen LogP contribution in [0.15, 0.2) is 65.6 Å². The zero-order valence-electron chi connectivity index (χ0n) is 13.7. The van der Waals surface area contributed by atoms with E-state index in [0.29, 0.717) is 0 Å². The predicted molar refractivity (Wildman–Crippen MR) is 103 cm³/mol. The van der Waals surface area contributed by atoms with E-state index in [4.69, 9.17) is 5.10 Å². The van der Waals surface area contributed by atoms with Crippen molar-refractivity contribution in [1.29, 1.82) is 0 Å². The number of aromatic nitrogens is 4. The molecule has 0 radical (unpaired) electrons. The monoisotopic (exact) mass is 366 g/mol. The molecule has 25 heavy (non-hydrogen) atoms. The number of rotatable bonds is 7. The standard InChI is InChI=1S/C19H18N4S2/c1-3-8-15(9-4-1)10-7-13-18-22-23-17(20-21-19(23)25-18)14-24-16-11-5-2-6-12-16/h1-6,8-9,11-12H,7,10,13-14H2. The Labute approximate surface area is 154 Å². The van der Waals surface area contributed by atoms with Gasteiger partial charge < -0.3 is 0 Å². The molecule has 0 N–H and O–H groups in total. The Balaban J connectivity index is 1.38. The molecule has 6 heteroatoms. The highest BCUT2D eigenvalue weighted by atomic mass is 32.2. The summed E-state index contributed by atoms with van der Waals surface area (Å²) in [5, 5.41) is 14.4. The van der Waals surface area contributed by atoms with Crippen molar-refractivity contribution < 1.29 is 0 Å². The fourth-order valence-electron chi connectivity index (χ4n) is 2.64. The maximum atomic E-state index is 4.71. The smallest absolute Gasteiger partial charge is 0.186 e. The lowest BCUT2D eigenvalue weighted by Crippen LogP contribution is -1.96. The fraction of sp³-hybridized carbons (Fsp3) is 0.211. The average molecular weight is 367 g/mol. The van der Waals surface area contributed by atoms with Crippen LogP contribution in [0, 0.1) is 0 Å². The Hall–Kier alpha value is -2.18. The molecule has 2 aromatic heterocycles. The van der Waals surface area contributed by atoms with Crippen LogP contribution < -0.4 is 0 Å². The third-order valence-electron chi connectivity index (χ3n) is 3.91. The van der Waals surface area contributed by atoms with Crippen molar-refractivity contribution in [2.45, 2.75) is 29.9 Å². The van der Waals surface area contributed by atoms with Crippen molar-refractivity contribution >= 4 is 28.1 Å². The van der Waals surface area contributed by atoms with E-state index in [2.05, 4.69) is 64.8 Å². The van der Waals surface area contributed by atoms with Gasteiger partial charge in [-0.2, -0.15) is 9.61 Å². The molecule has 0 atom stereocenters. The van der Waals surface area contributed by atoms with Crippen LogP contribution in [-0.4, -0.2) is 19.8 Å². The molecule has 0 fully saturated rings. The van der Waals surface area contributed by atoms with Crippen molar-refractivity contribution in [2.24, 2.45) is 0 Å². The third-order valence-corrected chi connectivity index (χ3v) is 5.87. The molecular formula is C19H18N4S2. The van der Waals surface area contributed by atoms with Gasteiger partial charge in [-0.3, -0.25) is 0 Å². The highest BCUT2D eigenvalue weighted by Crippen LogP contribution is 2.23. The summed E-state index contributed by atoms with van der Waals surface area (Å²) < 4.78 is 1.90. The van der Waals surface area contributed by atoms with Gasteiger partial charge in [0.05, 0.1) is 5.75 Å². The second kappa shape index (κ2) is 7.80. The molecule has 4 nitrogen and oxygen atoms in total. The van der Waals surface area contributed by atoms with Gasteiger partial charge in [-0.15, -0.1) is 22.0 Å². The minimum absolute atomic E-state index is 0.776. The van der Waals surface area contributed by atoms with Crippen LogP contribution in [0.2, 0.25) is 0 Å². The minimum Gasteiger partial charge on any atom is -0.186 e. The molecule has 0 saturated carbocycles. The first-order valence-corrected chi connectivity index (χ1v) is 10.1. The average Bonchev–Trinajstić information content (AvgIpc) is 3.22. The fourth-order valence-corrected chi connectivity index (χ4v) is 4.36. The maximum Gasteiger partial charge on any atom is 0.234 e. The van der Waals surface area contributed by atoms with E-state index in [1.54, 1.807) is 23.1 Å². The van der Waals surface area contributed by atoms with Crippen molar-refractivity contribution in [3.05, 3.63) is 77.1 Å². The zero-order chi connectivity index (χ0) is 16.9. The highest BCUT2D eigenvalue weighted by Gasteiger charge is 2.12. The second-order valence-corrected chi connectivity index (χ2v) is 7.84. The van der Waals surface area contributed by atoms with E-state index < -0.39 is 0 Å². The number of nitrogens with zero attached hydrogens (tertiary/aromatic N) is 4. The Morgan fingerprint density at radius 1 is 0.880 bits per heavy atom. The highest BCUT2D eigenvalue weighted by molar-refractivity contribution is 7.98. The van der Waals surface area contributed by atoms with Crippen molar-refractivity contribution in [2.75, 3.05) is 0 Å². The van der Waals surface area contributed by atoms with E-state index >= 15 is 0 Å². The molecule has 0 unspecified atom stereocenters. The lowest BCUT2D eigenvalue weighted by atomic mass is 10.1. The van der Waals surface area contributed by atoms with E-state index in [-0.39, 0.29) is 0 Å². The Bertz CT molecular complexity index is 932. The Morgan fingerprint density at radius 2 is 1.64 bits per heavy atom. The SMILES string of the molecule is c1ccc(CCCc2nn3c(CSc4ccccc4)nnc3s2)cc1. The van der Waals surface area contributed by atoms with Crippen LogP contribution in [0.25, 0.3) is 4.96 Å². The van der Waals surface area contributed by atoms with Crippen LogP contribution in [0.3, 0.4) is 0 Å². The van der Waals surface area contributed by atoms with Crippen LogP contribution in [0.5, 0.6) is 0 Å². The number of hydrogen-bond donors (Lipinski definition) is 0. The van der Waals surface area contributed by atoms with Gasteiger partial charge in [-0.05, 0) is 30.5 Å². The van der Waals surface area contributed by atoms with Gasteiger partial charge in [0.2, 0.25) is 4.96 Å². The van der Waals surface area contributed by atoms with Gasteiger partial charge in [-0.25, -0.2) is 0 Å². The summed E-state index contributed by atoms with van der Waals surface area (Å²) in [6.45, 7) is 0. The lowest BCUT2D eigenvalue weighted by molar-refractivity contribution is 0.777. The Morgan fingerprint density at radius 3 is 2.44 bits per heavy atom. The van der Waals surface area contributed by atoms with E-state index in [9.17, 15) is 0 Å². The number of aryl methyl sites for hydroxylation is 2. The molecule has 2 heterocycles. The predicted octanol–water partition coefficient (Wildman–Crippen LogP) is 4.65. The lowest BCUT2D eigenvalue weighted by Gasteiger charge is -1.99. The summed E-state index contributed by atoms with van der Waals surface area (Å²) in [6.07, 6.45) is 3.16. The summed E-state index contributed by atoms with van der Waals surface area (Å²) in [4.78, 5) is 2.12. The summed E-state index contributed by atoms with van der Waals surface area (Å²) in [5.41, 5.74) is 1.38. The first kappa shape index (κ1) is 16.3. The maximum absolute atomic E-state index is 4.71. The molecule has 2 aromatic carbocycles. The van der Waals surface area contributed by atoms with Crippen LogP contribution in [0.4, 0.5) is 0 Å². The largest absolute Gasteiger partial charge is 0.234 e. The van der Waals surface area contributed by atoms with Gasteiger partial charge in [-0.1, -0.05) is 59.9 Å². The topological polar surface area (TPSA) is 43.1 Å². The van der Waals surface area contributed by atoms with Crippen LogP contribution in [0.1, 0.15) is 22.8 Å². The van der Waals surface area contributed by atoms with Crippen molar-refractivity contribution in [1.82, 2.24) is 19.8 Å². The van der Waals surface area contributed by atoms with Crippen molar-refractivity contribution in [3.63, 3.8) is 0 Å². The first-order chi connectivity index (χ1) is 12.4. The molecular weight excluding hydrogens is 348 g/mol. The molecule has 4 rings (SSSR count). The molecule has 0 aliphatic heterocycles. The molecule has 0 bridgehead atoms. The minimum atomic E-state index is 0.776. The van der Waals surface area contributed by atoms with Gasteiger partial charge in [0, 0.05) is 11.3 Å². The third kappa shape index (κ3) is 4.08. The van der Waals surface area contributed by atoms with E-state index in [1.807, 2.05) is 10.6 Å². The molecule has 0 amide bonds. The van der Waals surface area contributed by atoms with Gasteiger partial charge >= 0.3 is 0 Å². The number of benzene rings is 2. The van der Waals surface area contributed by atoms with Crippen LogP contribution >= 0.6 is 23.1 Å². The quantitative estimate of drug-likeness (QED) is 0.446. The second-order valence-electron chi connectivity index (χ2n) is 5.75. The number of fused-ring (bicyclic) bond motifs is 1. The first-order valence-electron chi connectivity index (χ1n) is 8.30. The molecule has 4 aromatic rings. The molecule has 126 valence electrons. The molecule has 0 spiro atoms. The summed E-state index contributed by atoms with van der Waals surface area (Å²) in [7, 11) is 0. The van der Waals surface area contributed by atoms with Crippen molar-refractivity contribution in [3.8, 4) is 0 Å². The molecule has 0 aliphatic carbocycles. The van der Waals surface area contributed by atoms with Crippen LogP contribution in [-0.2, 0) is 18.6 Å². The van der Waals surface area contributed by atoms with Gasteiger partial charge in [0.25, 0.3) is 0 Å². The van der Waals surface area contributed by atoms with Gasteiger partial charge in [0.15, 0.2) is 5.82 Å². The molecule has 0 saturated heterocycles. The van der Waals surface area contributed by atoms with E-state index in [0.717, 1.165) is 40.8 Å². The summed E-state index contributed by atoms with van der Waals surface area (Å²) in [5.74, 6) is 1.69. The Kier molecular flexibility index (Phi) is 5.09. The normalized spacial score (nSPS) is 11.2. The zero-order valence-corrected chi connectivity index (χ0v) is 15.3. The molecule has 0 aliphatic rings. The summed E-state index contributed by atoms with van der Waals surface area (Å²) in [6, 6.07) is 20.9. The van der Waals surface area contributed by atoms with E-state index in [1.165, 1.54) is 10.5 Å².